The molecule has 1 aromatic carbocycles. The first-order valence-electron chi connectivity index (χ1n) is 10.9. The van der Waals surface area contributed by atoms with Gasteiger partial charge in [-0.05, 0) is 31.7 Å². The molecular weight excluding hydrogens is 380 g/mol. The molecular formula is C23H28N4O3. The number of ether oxygens (including phenoxy) is 2. The van der Waals surface area contributed by atoms with Crippen LogP contribution in [0.1, 0.15) is 41.7 Å². The predicted octanol–water partition coefficient (Wildman–Crippen LogP) is 2.53. The Hall–Kier alpha value is -2.51. The molecule has 3 aliphatic rings. The van der Waals surface area contributed by atoms with Gasteiger partial charge >= 0.3 is 0 Å². The Morgan fingerprint density at radius 1 is 1.10 bits per heavy atom. The molecule has 0 atom stereocenters. The lowest BCUT2D eigenvalue weighted by molar-refractivity contribution is -0.0363. The van der Waals surface area contributed by atoms with E-state index in [1.165, 1.54) is 0 Å². The molecule has 1 aromatic heterocycles. The minimum Gasteiger partial charge on any atom is -0.485 e. The van der Waals surface area contributed by atoms with Crippen molar-refractivity contribution in [1.29, 1.82) is 0 Å². The Labute approximate surface area is 177 Å². The number of nitrogens with zero attached hydrogens (tertiary/aromatic N) is 4. The molecule has 1 aliphatic carbocycles. The Kier molecular flexibility index (Phi) is 5.39. The van der Waals surface area contributed by atoms with Crippen LogP contribution in [-0.2, 0) is 11.3 Å². The molecule has 3 heterocycles. The van der Waals surface area contributed by atoms with Gasteiger partial charge in [0.15, 0.2) is 0 Å². The predicted molar refractivity (Wildman–Crippen MR) is 111 cm³/mol. The van der Waals surface area contributed by atoms with Gasteiger partial charge in [-0.1, -0.05) is 18.2 Å². The van der Waals surface area contributed by atoms with Crippen molar-refractivity contribution in [2.45, 2.75) is 43.9 Å². The quantitative estimate of drug-likeness (QED) is 0.761. The lowest BCUT2D eigenvalue weighted by Crippen LogP contribution is -2.53. The first kappa shape index (κ1) is 19.5. The van der Waals surface area contributed by atoms with E-state index in [0.717, 1.165) is 63.3 Å². The monoisotopic (exact) mass is 408 g/mol. The van der Waals surface area contributed by atoms with E-state index in [1.54, 1.807) is 18.6 Å². The van der Waals surface area contributed by atoms with Gasteiger partial charge in [-0.3, -0.25) is 14.7 Å². The topological polar surface area (TPSA) is 67.8 Å². The Balaban J connectivity index is 1.38. The van der Waals surface area contributed by atoms with Crippen molar-refractivity contribution >= 4 is 5.91 Å². The average Bonchev–Trinajstić information content (AvgIpc) is 2.97. The van der Waals surface area contributed by atoms with Crippen molar-refractivity contribution in [2.75, 3.05) is 32.8 Å². The van der Waals surface area contributed by atoms with Crippen LogP contribution in [0.2, 0.25) is 0 Å². The number of rotatable bonds is 2. The lowest BCUT2D eigenvalue weighted by atomic mass is 9.80. The van der Waals surface area contributed by atoms with Crippen molar-refractivity contribution < 1.29 is 14.3 Å². The van der Waals surface area contributed by atoms with Crippen molar-refractivity contribution in [3.8, 4) is 5.75 Å². The molecule has 7 nitrogen and oxygen atoms in total. The zero-order valence-corrected chi connectivity index (χ0v) is 17.2. The largest absolute Gasteiger partial charge is 0.485 e. The summed E-state index contributed by atoms with van der Waals surface area (Å²) in [6.07, 6.45) is 8.73. The van der Waals surface area contributed by atoms with E-state index in [9.17, 15) is 4.79 Å². The van der Waals surface area contributed by atoms with Crippen LogP contribution in [-0.4, -0.2) is 70.2 Å². The molecule has 1 spiro atoms. The fraction of sp³-hybridized carbons (Fsp3) is 0.522. The third-order valence-electron chi connectivity index (χ3n) is 6.64. The molecule has 0 bridgehead atoms. The molecule has 2 aliphatic heterocycles. The number of aromatic nitrogens is 2. The van der Waals surface area contributed by atoms with Crippen LogP contribution < -0.4 is 4.74 Å². The molecule has 2 fully saturated rings. The second-order valence-corrected chi connectivity index (χ2v) is 8.52. The number of amides is 1. The number of morpholine rings is 1. The van der Waals surface area contributed by atoms with Crippen LogP contribution in [0.3, 0.4) is 0 Å². The lowest BCUT2D eigenvalue weighted by Gasteiger charge is -2.45. The number of carbonyl (C=O) groups excluding carboxylic acids is 1. The molecule has 158 valence electrons. The molecule has 7 heteroatoms. The standard InChI is InChI=1S/C23H28N4O3/c28-22(20-15-24-9-10-25-20)27-16-18-3-1-2-4-21(18)30-23(17-27)7-5-19(6-8-23)26-11-13-29-14-12-26/h1-4,9-10,15,19H,5-8,11-14,16-17H2. The Bertz CT molecular complexity index is 877. The molecule has 5 rings (SSSR count). The summed E-state index contributed by atoms with van der Waals surface area (Å²) in [4.78, 5) is 26.0. The number of hydrogen-bond acceptors (Lipinski definition) is 6. The van der Waals surface area contributed by atoms with E-state index in [4.69, 9.17) is 9.47 Å². The zero-order valence-electron chi connectivity index (χ0n) is 17.2. The smallest absolute Gasteiger partial charge is 0.274 e. The Morgan fingerprint density at radius 3 is 2.67 bits per heavy atom. The van der Waals surface area contributed by atoms with Gasteiger partial charge in [0.2, 0.25) is 0 Å². The molecule has 2 aromatic rings. The van der Waals surface area contributed by atoms with Gasteiger partial charge < -0.3 is 14.4 Å². The molecule has 1 amide bonds. The van der Waals surface area contributed by atoms with Crippen LogP contribution in [0.5, 0.6) is 5.75 Å². The van der Waals surface area contributed by atoms with Gasteiger partial charge in [-0.25, -0.2) is 4.98 Å². The zero-order chi connectivity index (χ0) is 20.4. The van der Waals surface area contributed by atoms with Crippen LogP contribution >= 0.6 is 0 Å². The molecule has 0 radical (unpaired) electrons. The fourth-order valence-corrected chi connectivity index (χ4v) is 5.02. The Morgan fingerprint density at radius 2 is 1.90 bits per heavy atom. The van der Waals surface area contributed by atoms with Gasteiger partial charge in [0.1, 0.15) is 17.0 Å². The number of carbonyl (C=O) groups is 1. The van der Waals surface area contributed by atoms with E-state index in [1.807, 2.05) is 29.2 Å². The van der Waals surface area contributed by atoms with Gasteiger partial charge in [-0.2, -0.15) is 0 Å². The maximum Gasteiger partial charge on any atom is 0.274 e. The highest BCUT2D eigenvalue weighted by Gasteiger charge is 2.43. The maximum absolute atomic E-state index is 13.2. The summed E-state index contributed by atoms with van der Waals surface area (Å²) in [5.74, 6) is 0.815. The van der Waals surface area contributed by atoms with Crippen LogP contribution in [0, 0.1) is 0 Å². The highest BCUT2D eigenvalue weighted by molar-refractivity contribution is 5.92. The molecule has 0 unspecified atom stereocenters. The third-order valence-corrected chi connectivity index (χ3v) is 6.64. The summed E-state index contributed by atoms with van der Waals surface area (Å²) in [5, 5.41) is 0. The SMILES string of the molecule is O=C(c1cnccn1)N1Cc2ccccc2OC2(CCC(N3CCOCC3)CC2)C1. The summed E-state index contributed by atoms with van der Waals surface area (Å²) >= 11 is 0. The summed E-state index contributed by atoms with van der Waals surface area (Å²) in [6, 6.07) is 8.66. The van der Waals surface area contributed by atoms with E-state index in [2.05, 4.69) is 14.9 Å². The third kappa shape index (κ3) is 3.91. The van der Waals surface area contributed by atoms with Gasteiger partial charge in [0.05, 0.1) is 26.0 Å². The highest BCUT2D eigenvalue weighted by atomic mass is 16.5. The first-order chi connectivity index (χ1) is 14.7. The van der Waals surface area contributed by atoms with Crippen molar-refractivity contribution in [2.24, 2.45) is 0 Å². The molecule has 1 saturated heterocycles. The molecule has 30 heavy (non-hydrogen) atoms. The number of para-hydroxylation sites is 1. The average molecular weight is 409 g/mol. The summed E-state index contributed by atoms with van der Waals surface area (Å²) in [7, 11) is 0. The van der Waals surface area contributed by atoms with Crippen molar-refractivity contribution in [3.05, 3.63) is 54.1 Å². The summed E-state index contributed by atoms with van der Waals surface area (Å²) in [5.41, 5.74) is 1.07. The summed E-state index contributed by atoms with van der Waals surface area (Å²) in [6.45, 7) is 4.78. The maximum atomic E-state index is 13.2. The van der Waals surface area contributed by atoms with Gasteiger partial charge in [0.25, 0.3) is 5.91 Å². The summed E-state index contributed by atoms with van der Waals surface area (Å²) < 4.78 is 12.2. The number of fused-ring (bicyclic) bond motifs is 1. The fourth-order valence-electron chi connectivity index (χ4n) is 5.02. The van der Waals surface area contributed by atoms with Crippen LogP contribution in [0.15, 0.2) is 42.9 Å². The minimum absolute atomic E-state index is 0.0851. The van der Waals surface area contributed by atoms with Crippen LogP contribution in [0.4, 0.5) is 0 Å². The normalized spacial score (nSPS) is 27.2. The van der Waals surface area contributed by atoms with Crippen LogP contribution in [0.25, 0.3) is 0 Å². The second-order valence-electron chi connectivity index (χ2n) is 8.52. The van der Waals surface area contributed by atoms with E-state index in [0.29, 0.717) is 24.8 Å². The second kappa shape index (κ2) is 8.32. The highest BCUT2D eigenvalue weighted by Crippen LogP contribution is 2.39. The minimum atomic E-state index is -0.354. The van der Waals surface area contributed by atoms with Gasteiger partial charge in [0, 0.05) is 43.6 Å². The number of benzene rings is 1. The van der Waals surface area contributed by atoms with E-state index in [-0.39, 0.29) is 11.5 Å². The van der Waals surface area contributed by atoms with E-state index < -0.39 is 0 Å². The van der Waals surface area contributed by atoms with Gasteiger partial charge in [-0.15, -0.1) is 0 Å². The van der Waals surface area contributed by atoms with Crippen molar-refractivity contribution in [3.63, 3.8) is 0 Å². The molecule has 0 N–H and O–H groups in total. The van der Waals surface area contributed by atoms with E-state index >= 15 is 0 Å². The number of hydrogen-bond donors (Lipinski definition) is 0. The van der Waals surface area contributed by atoms with Crippen molar-refractivity contribution in [1.82, 2.24) is 19.8 Å². The molecule has 1 saturated carbocycles. The first-order valence-corrected chi connectivity index (χ1v) is 10.9.